The first kappa shape index (κ1) is 21.2. The molecule has 0 aliphatic carbocycles. The topological polar surface area (TPSA) is 60.7 Å². The lowest BCUT2D eigenvalue weighted by atomic mass is 9.96. The molecule has 0 saturated carbocycles. The van der Waals surface area contributed by atoms with Gasteiger partial charge in [-0.3, -0.25) is 9.36 Å². The molecular weight excluding hydrogens is 476 g/mol. The largest absolute Gasteiger partial charge is 0.458 e. The molecule has 0 saturated heterocycles. The van der Waals surface area contributed by atoms with Crippen molar-refractivity contribution in [3.63, 3.8) is 0 Å². The number of allylic oxidation sites excluding steroid dienone is 1. The van der Waals surface area contributed by atoms with Crippen LogP contribution in [0, 0.1) is 0 Å². The van der Waals surface area contributed by atoms with Crippen molar-refractivity contribution < 1.29 is 9.53 Å². The van der Waals surface area contributed by atoms with Crippen LogP contribution in [0.25, 0.3) is 6.08 Å². The number of hydrogen-bond acceptors (Lipinski definition) is 5. The van der Waals surface area contributed by atoms with Crippen LogP contribution in [0.4, 0.5) is 0 Å². The second-order valence-corrected chi connectivity index (χ2v) is 8.86. The molecule has 156 valence electrons. The number of esters is 1. The summed E-state index contributed by atoms with van der Waals surface area (Å²) in [4.78, 5) is 31.5. The summed E-state index contributed by atoms with van der Waals surface area (Å²) in [6, 6.07) is 16.6. The fraction of sp³-hybridized carbons (Fsp3) is 0.125. The van der Waals surface area contributed by atoms with E-state index in [1.54, 1.807) is 11.5 Å². The van der Waals surface area contributed by atoms with E-state index >= 15 is 0 Å². The van der Waals surface area contributed by atoms with Crippen LogP contribution in [0.3, 0.4) is 0 Å². The molecule has 0 bridgehead atoms. The molecule has 2 aromatic carbocycles. The summed E-state index contributed by atoms with van der Waals surface area (Å²) in [6.07, 6.45) is 3.35. The normalized spacial score (nSPS) is 15.9. The van der Waals surface area contributed by atoms with E-state index in [0.29, 0.717) is 20.6 Å². The van der Waals surface area contributed by atoms with Crippen LogP contribution in [0.15, 0.2) is 92.8 Å². The lowest BCUT2D eigenvalue weighted by molar-refractivity contribution is -0.138. The van der Waals surface area contributed by atoms with E-state index in [1.807, 2.05) is 60.7 Å². The minimum Gasteiger partial charge on any atom is -0.458 e. The van der Waals surface area contributed by atoms with Crippen LogP contribution < -0.4 is 14.9 Å². The number of carbonyl (C=O) groups is 1. The zero-order chi connectivity index (χ0) is 22.0. The Morgan fingerprint density at radius 3 is 2.74 bits per heavy atom. The molecule has 1 unspecified atom stereocenters. The number of aromatic nitrogens is 1. The van der Waals surface area contributed by atoms with Crippen molar-refractivity contribution in [2.24, 2.45) is 4.99 Å². The number of rotatable bonds is 5. The van der Waals surface area contributed by atoms with Gasteiger partial charge in [0.2, 0.25) is 0 Å². The van der Waals surface area contributed by atoms with Gasteiger partial charge in [-0.2, -0.15) is 0 Å². The average Bonchev–Trinajstić information content (AvgIpc) is 3.06. The third-order valence-corrected chi connectivity index (χ3v) is 6.31. The molecule has 0 amide bonds. The maximum atomic E-state index is 13.5. The minimum atomic E-state index is -0.612. The molecule has 7 heteroatoms. The molecule has 1 aliphatic heterocycles. The fourth-order valence-corrected chi connectivity index (χ4v) is 4.96. The third kappa shape index (κ3) is 4.24. The number of carbonyl (C=O) groups excluding carboxylic acids is 1. The summed E-state index contributed by atoms with van der Waals surface area (Å²) < 4.78 is 8.39. The number of fused-ring (bicyclic) bond motifs is 1. The van der Waals surface area contributed by atoms with Gasteiger partial charge >= 0.3 is 5.97 Å². The van der Waals surface area contributed by atoms with Gasteiger partial charge in [-0.15, -0.1) is 0 Å². The van der Waals surface area contributed by atoms with Gasteiger partial charge in [0, 0.05) is 4.47 Å². The number of hydrogen-bond donors (Lipinski definition) is 0. The van der Waals surface area contributed by atoms with Crippen LogP contribution >= 0.6 is 27.3 Å². The average molecular weight is 495 g/mol. The quantitative estimate of drug-likeness (QED) is 0.401. The highest BCUT2D eigenvalue weighted by Crippen LogP contribution is 2.30. The van der Waals surface area contributed by atoms with Gasteiger partial charge in [0.1, 0.15) is 6.61 Å². The number of halogens is 1. The fourth-order valence-electron chi connectivity index (χ4n) is 3.49. The minimum absolute atomic E-state index is 0.0877. The van der Waals surface area contributed by atoms with Crippen LogP contribution in [-0.4, -0.2) is 17.1 Å². The Morgan fingerprint density at radius 2 is 2.03 bits per heavy atom. The van der Waals surface area contributed by atoms with Crippen LogP contribution in [0.2, 0.25) is 0 Å². The second kappa shape index (κ2) is 8.99. The summed E-state index contributed by atoms with van der Waals surface area (Å²) >= 11 is 4.77. The molecule has 0 N–H and O–H groups in total. The van der Waals surface area contributed by atoms with Crippen molar-refractivity contribution in [1.29, 1.82) is 0 Å². The molecule has 4 rings (SSSR count). The molecule has 1 atom stereocenters. The second-order valence-electron chi connectivity index (χ2n) is 6.93. The monoisotopic (exact) mass is 494 g/mol. The summed E-state index contributed by atoms with van der Waals surface area (Å²) in [6.45, 7) is 5.45. The highest BCUT2D eigenvalue weighted by molar-refractivity contribution is 9.10. The third-order valence-electron chi connectivity index (χ3n) is 4.84. The molecular formula is C24H19BrN2O3S. The van der Waals surface area contributed by atoms with Crippen LogP contribution in [-0.2, 0) is 9.53 Å². The van der Waals surface area contributed by atoms with Crippen molar-refractivity contribution in [2.75, 3.05) is 6.61 Å². The Labute approximate surface area is 191 Å². The molecule has 0 radical (unpaired) electrons. The van der Waals surface area contributed by atoms with Gasteiger partial charge in [-0.1, -0.05) is 82.4 Å². The molecule has 0 spiro atoms. The van der Waals surface area contributed by atoms with Gasteiger partial charge < -0.3 is 4.74 Å². The van der Waals surface area contributed by atoms with Gasteiger partial charge in [0.15, 0.2) is 4.80 Å². The molecule has 31 heavy (non-hydrogen) atoms. The summed E-state index contributed by atoms with van der Waals surface area (Å²) in [5.74, 6) is -0.503. The molecule has 1 aromatic heterocycles. The van der Waals surface area contributed by atoms with Crippen molar-refractivity contribution >= 4 is 39.3 Å². The van der Waals surface area contributed by atoms with E-state index in [0.717, 1.165) is 15.6 Å². The van der Waals surface area contributed by atoms with Crippen LogP contribution in [0.1, 0.15) is 24.1 Å². The lowest BCUT2D eigenvalue weighted by Gasteiger charge is -2.24. The van der Waals surface area contributed by atoms with E-state index in [-0.39, 0.29) is 12.2 Å². The van der Waals surface area contributed by atoms with Crippen molar-refractivity contribution in [1.82, 2.24) is 4.57 Å². The molecule has 3 aromatic rings. The smallest absolute Gasteiger partial charge is 0.338 e. The summed E-state index contributed by atoms with van der Waals surface area (Å²) in [5, 5.41) is 0. The first-order valence-corrected chi connectivity index (χ1v) is 11.2. The lowest BCUT2D eigenvalue weighted by Crippen LogP contribution is -2.39. The number of ether oxygens (including phenoxy) is 1. The standard InChI is InChI=1S/C24H19BrN2O3S/c1-3-12-30-23(29)20-15(2)26-24-27(21(20)17-9-5-4-6-10-17)22(28)19(31-24)14-16-8-7-11-18(25)13-16/h3-11,13-14,21H,1,12H2,2H3. The van der Waals surface area contributed by atoms with E-state index < -0.39 is 12.0 Å². The van der Waals surface area contributed by atoms with Crippen molar-refractivity contribution in [3.8, 4) is 0 Å². The Kier molecular flexibility index (Phi) is 6.15. The highest BCUT2D eigenvalue weighted by Gasteiger charge is 2.33. The Morgan fingerprint density at radius 1 is 1.26 bits per heavy atom. The number of nitrogens with zero attached hydrogens (tertiary/aromatic N) is 2. The summed E-state index contributed by atoms with van der Waals surface area (Å²) in [7, 11) is 0. The van der Waals surface area contributed by atoms with E-state index in [4.69, 9.17) is 4.74 Å². The van der Waals surface area contributed by atoms with E-state index in [9.17, 15) is 9.59 Å². The first-order chi connectivity index (χ1) is 15.0. The zero-order valence-electron chi connectivity index (χ0n) is 16.7. The van der Waals surface area contributed by atoms with Crippen LogP contribution in [0.5, 0.6) is 0 Å². The highest BCUT2D eigenvalue weighted by atomic mass is 79.9. The predicted octanol–water partition coefficient (Wildman–Crippen LogP) is 3.73. The predicted molar refractivity (Wildman–Crippen MR) is 126 cm³/mol. The molecule has 0 fully saturated rings. The maximum absolute atomic E-state index is 13.5. The molecule has 5 nitrogen and oxygen atoms in total. The molecule has 2 heterocycles. The van der Waals surface area contributed by atoms with E-state index in [1.165, 1.54) is 17.4 Å². The maximum Gasteiger partial charge on any atom is 0.338 e. The molecule has 1 aliphatic rings. The first-order valence-electron chi connectivity index (χ1n) is 9.60. The van der Waals surface area contributed by atoms with Gasteiger partial charge in [-0.05, 0) is 36.3 Å². The Bertz CT molecular complexity index is 1370. The van der Waals surface area contributed by atoms with Crippen molar-refractivity contribution in [3.05, 3.63) is 114 Å². The SMILES string of the molecule is C=CCOC(=O)C1=C(C)N=c2sc(=Cc3cccc(Br)c3)c(=O)n2C1c1ccccc1. The Hall–Kier alpha value is -3.03. The number of thiazole rings is 1. The van der Waals surface area contributed by atoms with Crippen molar-refractivity contribution in [2.45, 2.75) is 13.0 Å². The number of benzene rings is 2. The Balaban J connectivity index is 1.93. The summed E-state index contributed by atoms with van der Waals surface area (Å²) in [5.41, 5.74) is 2.42. The van der Waals surface area contributed by atoms with Gasteiger partial charge in [0.05, 0.1) is 21.8 Å². The van der Waals surface area contributed by atoms with Gasteiger partial charge in [0.25, 0.3) is 5.56 Å². The van der Waals surface area contributed by atoms with E-state index in [2.05, 4.69) is 27.5 Å². The van der Waals surface area contributed by atoms with Gasteiger partial charge in [-0.25, -0.2) is 9.79 Å². The zero-order valence-corrected chi connectivity index (χ0v) is 19.2.